The van der Waals surface area contributed by atoms with Gasteiger partial charge in [0.2, 0.25) is 0 Å². The van der Waals surface area contributed by atoms with E-state index in [0.717, 1.165) is 12.1 Å². The lowest BCUT2D eigenvalue weighted by Crippen LogP contribution is -2.20. The van der Waals surface area contributed by atoms with Crippen molar-refractivity contribution in [3.05, 3.63) is 83.4 Å². The van der Waals surface area contributed by atoms with Gasteiger partial charge in [-0.3, -0.25) is 4.79 Å². The Bertz CT molecular complexity index is 1180. The first-order valence-corrected chi connectivity index (χ1v) is 10.3. The van der Waals surface area contributed by atoms with Crippen molar-refractivity contribution in [3.63, 3.8) is 0 Å². The van der Waals surface area contributed by atoms with E-state index in [4.69, 9.17) is 18.9 Å². The minimum absolute atomic E-state index is 0.139. The maximum atomic E-state index is 12.7. The number of alkyl halides is 3. The van der Waals surface area contributed by atoms with Crippen molar-refractivity contribution < 1.29 is 41.7 Å². The second-order valence-corrected chi connectivity index (χ2v) is 7.17. The molecule has 3 aromatic rings. The molecule has 7 nitrogen and oxygen atoms in total. The molecule has 184 valence electrons. The van der Waals surface area contributed by atoms with Gasteiger partial charge in [-0.05, 0) is 48.0 Å². The summed E-state index contributed by atoms with van der Waals surface area (Å²) >= 11 is 0. The number of hydrogen-bond acceptors (Lipinski definition) is 6. The Morgan fingerprint density at radius 3 is 2.20 bits per heavy atom. The zero-order chi connectivity index (χ0) is 25.4. The van der Waals surface area contributed by atoms with Gasteiger partial charge in [-0.2, -0.15) is 13.2 Å². The van der Waals surface area contributed by atoms with E-state index in [-0.39, 0.29) is 30.3 Å². The highest BCUT2D eigenvalue weighted by Crippen LogP contribution is 2.30. The number of benzene rings is 3. The number of nitrogens with one attached hydrogen (secondary N) is 1. The van der Waals surface area contributed by atoms with Crippen molar-refractivity contribution >= 4 is 17.6 Å². The van der Waals surface area contributed by atoms with E-state index in [1.54, 1.807) is 24.3 Å². The smallest absolute Gasteiger partial charge is 0.416 e. The number of anilines is 1. The van der Waals surface area contributed by atoms with Crippen molar-refractivity contribution in [2.45, 2.75) is 12.8 Å². The van der Waals surface area contributed by atoms with Crippen LogP contribution in [0.3, 0.4) is 0 Å². The summed E-state index contributed by atoms with van der Waals surface area (Å²) in [6, 6.07) is 15.5. The number of carbonyl (C=O) groups excluding carboxylic acids is 2. The van der Waals surface area contributed by atoms with Gasteiger partial charge in [0.05, 0.1) is 31.0 Å². The number of esters is 1. The fourth-order valence-corrected chi connectivity index (χ4v) is 3.01. The van der Waals surface area contributed by atoms with Crippen LogP contribution in [0, 0.1) is 0 Å². The molecule has 3 aromatic carbocycles. The molecule has 0 unspecified atom stereocenters. The molecule has 10 heteroatoms. The van der Waals surface area contributed by atoms with Gasteiger partial charge in [0.1, 0.15) is 12.4 Å². The first kappa shape index (κ1) is 25.4. The molecule has 35 heavy (non-hydrogen) atoms. The van der Waals surface area contributed by atoms with Crippen LogP contribution in [0.4, 0.5) is 18.9 Å². The predicted molar refractivity (Wildman–Crippen MR) is 121 cm³/mol. The summed E-state index contributed by atoms with van der Waals surface area (Å²) in [7, 11) is 2.86. The average Bonchev–Trinajstić information content (AvgIpc) is 2.86. The Labute approximate surface area is 199 Å². The third-order valence-corrected chi connectivity index (χ3v) is 4.79. The van der Waals surface area contributed by atoms with Gasteiger partial charge in [0, 0.05) is 0 Å². The van der Waals surface area contributed by atoms with Crippen molar-refractivity contribution in [1.82, 2.24) is 0 Å². The molecule has 0 aliphatic heterocycles. The summed E-state index contributed by atoms with van der Waals surface area (Å²) in [5, 5.41) is 2.68. The summed E-state index contributed by atoms with van der Waals surface area (Å²) < 4.78 is 59.1. The molecule has 0 heterocycles. The number of hydrogen-bond donors (Lipinski definition) is 1. The second-order valence-electron chi connectivity index (χ2n) is 7.17. The molecule has 0 saturated carbocycles. The summed E-state index contributed by atoms with van der Waals surface area (Å²) in [5.74, 6) is -0.223. The van der Waals surface area contributed by atoms with E-state index in [1.807, 2.05) is 0 Å². The van der Waals surface area contributed by atoms with E-state index >= 15 is 0 Å². The van der Waals surface area contributed by atoms with Gasteiger partial charge in [0.15, 0.2) is 18.1 Å². The monoisotopic (exact) mass is 489 g/mol. The highest BCUT2D eigenvalue weighted by Gasteiger charge is 2.30. The third kappa shape index (κ3) is 6.89. The number of ether oxygens (including phenoxy) is 4. The van der Waals surface area contributed by atoms with Crippen LogP contribution in [0.2, 0.25) is 0 Å². The topological polar surface area (TPSA) is 83.1 Å². The number of para-hydroxylation sites is 2. The Hall–Kier alpha value is -4.21. The molecule has 1 N–H and O–H groups in total. The molecule has 0 aromatic heterocycles. The Kier molecular flexibility index (Phi) is 8.19. The third-order valence-electron chi connectivity index (χ3n) is 4.79. The molecule has 1 amide bonds. The minimum Gasteiger partial charge on any atom is -0.495 e. The second kappa shape index (κ2) is 11.3. The number of methoxy groups -OCH3 is 2. The quantitative estimate of drug-likeness (QED) is 0.422. The standard InChI is InChI=1S/C25H22F3NO6/c1-32-20-6-4-3-5-19(20)29-23(30)15-34-21-12-9-17(13-22(21)33-2)24(31)35-14-16-7-10-18(11-8-16)25(26,27)28/h3-13H,14-15H2,1-2H3,(H,29,30). The van der Waals surface area contributed by atoms with Crippen molar-refractivity contribution in [1.29, 1.82) is 0 Å². The first-order chi connectivity index (χ1) is 16.7. The SMILES string of the molecule is COc1ccccc1NC(=O)COc1ccc(C(=O)OCc2ccc(C(F)(F)F)cc2)cc1OC. The number of halogens is 3. The molecule has 0 radical (unpaired) electrons. The van der Waals surface area contributed by atoms with E-state index < -0.39 is 23.6 Å². The molecular formula is C25H22F3NO6. The van der Waals surface area contributed by atoms with Crippen LogP contribution in [0.5, 0.6) is 17.2 Å². The lowest BCUT2D eigenvalue weighted by molar-refractivity contribution is -0.137. The molecule has 0 aliphatic carbocycles. The van der Waals surface area contributed by atoms with E-state index in [1.165, 1.54) is 44.6 Å². The Morgan fingerprint density at radius 2 is 1.54 bits per heavy atom. The van der Waals surface area contributed by atoms with Crippen LogP contribution in [0.1, 0.15) is 21.5 Å². The lowest BCUT2D eigenvalue weighted by atomic mass is 10.1. The summed E-state index contributed by atoms with van der Waals surface area (Å²) in [6.45, 7) is -0.535. The maximum absolute atomic E-state index is 12.7. The fourth-order valence-electron chi connectivity index (χ4n) is 3.01. The lowest BCUT2D eigenvalue weighted by Gasteiger charge is -2.13. The van der Waals surface area contributed by atoms with Gasteiger partial charge in [-0.15, -0.1) is 0 Å². The molecular weight excluding hydrogens is 467 g/mol. The van der Waals surface area contributed by atoms with Crippen LogP contribution < -0.4 is 19.5 Å². The van der Waals surface area contributed by atoms with Crippen molar-refractivity contribution in [2.24, 2.45) is 0 Å². The van der Waals surface area contributed by atoms with Crippen LogP contribution in [0.15, 0.2) is 66.7 Å². The molecule has 0 aliphatic rings. The highest BCUT2D eigenvalue weighted by atomic mass is 19.4. The van der Waals surface area contributed by atoms with Gasteiger partial charge >= 0.3 is 12.1 Å². The summed E-state index contributed by atoms with van der Waals surface area (Å²) in [5.41, 5.74) is 0.241. The van der Waals surface area contributed by atoms with Gasteiger partial charge in [-0.1, -0.05) is 24.3 Å². The number of rotatable bonds is 9. The number of amides is 1. The Morgan fingerprint density at radius 1 is 0.857 bits per heavy atom. The van der Waals surface area contributed by atoms with Crippen LogP contribution >= 0.6 is 0 Å². The van der Waals surface area contributed by atoms with E-state index in [0.29, 0.717) is 17.0 Å². The number of carbonyl (C=O) groups is 2. The predicted octanol–water partition coefficient (Wildman–Crippen LogP) is 5.10. The minimum atomic E-state index is -4.44. The molecule has 0 spiro atoms. The van der Waals surface area contributed by atoms with Crippen LogP contribution in [-0.2, 0) is 22.3 Å². The van der Waals surface area contributed by atoms with E-state index in [2.05, 4.69) is 5.32 Å². The van der Waals surface area contributed by atoms with Gasteiger partial charge < -0.3 is 24.3 Å². The molecule has 0 saturated heterocycles. The highest BCUT2D eigenvalue weighted by molar-refractivity contribution is 5.93. The molecule has 0 atom stereocenters. The van der Waals surface area contributed by atoms with Gasteiger partial charge in [0.25, 0.3) is 5.91 Å². The first-order valence-electron chi connectivity index (χ1n) is 10.3. The van der Waals surface area contributed by atoms with Gasteiger partial charge in [-0.25, -0.2) is 4.79 Å². The van der Waals surface area contributed by atoms with Crippen molar-refractivity contribution in [2.75, 3.05) is 26.1 Å². The zero-order valence-corrected chi connectivity index (χ0v) is 18.8. The summed E-state index contributed by atoms with van der Waals surface area (Å²) in [4.78, 5) is 24.6. The molecule has 0 bridgehead atoms. The van der Waals surface area contributed by atoms with E-state index in [9.17, 15) is 22.8 Å². The largest absolute Gasteiger partial charge is 0.495 e. The molecule has 0 fully saturated rings. The fraction of sp³-hybridized carbons (Fsp3) is 0.200. The maximum Gasteiger partial charge on any atom is 0.416 e. The average molecular weight is 489 g/mol. The van der Waals surface area contributed by atoms with Crippen molar-refractivity contribution in [3.8, 4) is 17.2 Å². The summed E-state index contributed by atoms with van der Waals surface area (Å²) in [6.07, 6.45) is -4.44. The zero-order valence-electron chi connectivity index (χ0n) is 18.8. The van der Waals surface area contributed by atoms with Crippen LogP contribution in [-0.4, -0.2) is 32.7 Å². The normalized spacial score (nSPS) is 10.9. The Balaban J connectivity index is 1.58. The molecule has 3 rings (SSSR count). The van der Waals surface area contributed by atoms with Crippen LogP contribution in [0.25, 0.3) is 0 Å².